The second-order valence-corrected chi connectivity index (χ2v) is 4.07. The van der Waals surface area contributed by atoms with Crippen LogP contribution in [0.2, 0.25) is 0 Å². The number of rotatable bonds is 5. The lowest BCUT2D eigenvalue weighted by molar-refractivity contribution is -0.143. The van der Waals surface area contributed by atoms with Crippen molar-refractivity contribution in [1.29, 1.82) is 0 Å². The zero-order valence-corrected chi connectivity index (χ0v) is 11.3. The van der Waals surface area contributed by atoms with Crippen LogP contribution in [-0.4, -0.2) is 29.2 Å². The minimum absolute atomic E-state index is 0.269. The highest BCUT2D eigenvalue weighted by atomic mass is 19.3. The third-order valence-corrected chi connectivity index (χ3v) is 2.64. The molecule has 1 amide bonds. The van der Waals surface area contributed by atoms with E-state index >= 15 is 0 Å². The topological polar surface area (TPSA) is 94.3 Å². The van der Waals surface area contributed by atoms with E-state index in [1.165, 1.54) is 12.1 Å². The van der Waals surface area contributed by atoms with Crippen LogP contribution in [0.25, 0.3) is 0 Å². The summed E-state index contributed by atoms with van der Waals surface area (Å²) in [6.45, 7) is 0. The van der Waals surface area contributed by atoms with Crippen molar-refractivity contribution in [1.82, 2.24) is 15.5 Å². The molecule has 0 radical (unpaired) electrons. The summed E-state index contributed by atoms with van der Waals surface area (Å²) in [5, 5.41) is 8.75. The Labute approximate surface area is 123 Å². The lowest BCUT2D eigenvalue weighted by Gasteiger charge is -2.12. The van der Waals surface area contributed by atoms with E-state index in [2.05, 4.69) is 24.7 Å². The number of benzene rings is 1. The highest BCUT2D eigenvalue weighted by Gasteiger charge is 2.31. The van der Waals surface area contributed by atoms with Crippen LogP contribution in [0.4, 0.5) is 8.78 Å². The van der Waals surface area contributed by atoms with Crippen LogP contribution >= 0.6 is 0 Å². The summed E-state index contributed by atoms with van der Waals surface area (Å²) < 4.78 is 34.1. The molecule has 9 heteroatoms. The number of hydrogen-bond donors (Lipinski definition) is 1. The molecule has 0 saturated carbocycles. The van der Waals surface area contributed by atoms with Gasteiger partial charge in [0, 0.05) is 5.56 Å². The van der Waals surface area contributed by atoms with E-state index in [1.807, 2.05) is 0 Å². The van der Waals surface area contributed by atoms with Gasteiger partial charge in [0.1, 0.15) is 0 Å². The molecule has 1 heterocycles. The van der Waals surface area contributed by atoms with Crippen LogP contribution in [0.15, 0.2) is 34.7 Å². The minimum Gasteiger partial charge on any atom is -0.467 e. The van der Waals surface area contributed by atoms with Crippen molar-refractivity contribution in [2.45, 2.75) is 12.5 Å². The van der Waals surface area contributed by atoms with Crippen molar-refractivity contribution >= 4 is 11.9 Å². The molecule has 1 N–H and O–H groups in total. The molecule has 0 unspecified atom stereocenters. The normalized spacial score (nSPS) is 12.0. The Kier molecular flexibility index (Phi) is 4.77. The van der Waals surface area contributed by atoms with E-state index in [4.69, 9.17) is 0 Å². The van der Waals surface area contributed by atoms with Crippen molar-refractivity contribution in [3.05, 3.63) is 47.7 Å². The first-order chi connectivity index (χ1) is 10.5. The van der Waals surface area contributed by atoms with Gasteiger partial charge >= 0.3 is 12.4 Å². The molecule has 1 atom stereocenters. The van der Waals surface area contributed by atoms with Gasteiger partial charge in [0.15, 0.2) is 0 Å². The van der Waals surface area contributed by atoms with Crippen molar-refractivity contribution < 1.29 is 27.5 Å². The zero-order chi connectivity index (χ0) is 16.1. The number of carbonyl (C=O) groups excluding carboxylic acids is 2. The maximum absolute atomic E-state index is 12.5. The number of esters is 1. The highest BCUT2D eigenvalue weighted by Crippen LogP contribution is 2.21. The minimum atomic E-state index is -2.98. The van der Waals surface area contributed by atoms with E-state index in [1.54, 1.807) is 18.2 Å². The average Bonchev–Trinajstić information content (AvgIpc) is 3.02. The van der Waals surface area contributed by atoms with E-state index in [9.17, 15) is 18.4 Å². The number of aromatic nitrogens is 2. The summed E-state index contributed by atoms with van der Waals surface area (Å²) in [7, 11) is 1.08. The monoisotopic (exact) mass is 311 g/mol. The number of hydrogen-bond acceptors (Lipinski definition) is 6. The number of methoxy groups -OCH3 is 1. The molecule has 0 bridgehead atoms. The van der Waals surface area contributed by atoms with Gasteiger partial charge in [0.2, 0.25) is 6.04 Å². The second-order valence-electron chi connectivity index (χ2n) is 4.07. The molecule has 22 heavy (non-hydrogen) atoms. The van der Waals surface area contributed by atoms with Gasteiger partial charge in [-0.3, -0.25) is 4.79 Å². The quantitative estimate of drug-likeness (QED) is 0.844. The molecule has 1 aromatic heterocycles. The second kappa shape index (κ2) is 6.74. The molecule has 7 nitrogen and oxygen atoms in total. The number of carbonyl (C=O) groups is 2. The average molecular weight is 311 g/mol. The first kappa shape index (κ1) is 15.5. The fraction of sp³-hybridized carbons (Fsp3) is 0.231. The van der Waals surface area contributed by atoms with Crippen molar-refractivity contribution in [3.63, 3.8) is 0 Å². The Morgan fingerprint density at radius 2 is 1.82 bits per heavy atom. The molecule has 0 saturated heterocycles. The molecule has 0 aliphatic carbocycles. The van der Waals surface area contributed by atoms with Gasteiger partial charge < -0.3 is 14.5 Å². The van der Waals surface area contributed by atoms with Crippen molar-refractivity contribution in [2.75, 3.05) is 7.11 Å². The smallest absolute Gasteiger partial charge is 0.338 e. The number of ether oxygens (including phenoxy) is 1. The Balaban J connectivity index is 2.23. The molecular formula is C13H11F2N3O4. The predicted molar refractivity (Wildman–Crippen MR) is 67.9 cm³/mol. The van der Waals surface area contributed by atoms with E-state index in [0.717, 1.165) is 7.11 Å². The van der Waals surface area contributed by atoms with Gasteiger partial charge in [-0.15, -0.1) is 10.2 Å². The third kappa shape index (κ3) is 3.43. The van der Waals surface area contributed by atoms with Crippen LogP contribution < -0.4 is 5.32 Å². The zero-order valence-electron chi connectivity index (χ0n) is 11.3. The molecule has 2 rings (SSSR count). The van der Waals surface area contributed by atoms with E-state index < -0.39 is 36.1 Å². The SMILES string of the molecule is COC(=O)[C@@H](NC(=O)c1ccccc1)c1nnc(C(F)F)o1. The molecule has 1 aromatic carbocycles. The van der Waals surface area contributed by atoms with E-state index in [0.29, 0.717) is 0 Å². The molecule has 0 fully saturated rings. The molecule has 0 spiro atoms. The molecule has 0 aliphatic heterocycles. The first-order valence-electron chi connectivity index (χ1n) is 6.08. The summed E-state index contributed by atoms with van der Waals surface area (Å²) in [5.41, 5.74) is 0.269. The number of nitrogens with zero attached hydrogens (tertiary/aromatic N) is 2. The number of alkyl halides is 2. The first-order valence-corrected chi connectivity index (χ1v) is 6.08. The summed E-state index contributed by atoms with van der Waals surface area (Å²) in [6, 6.07) is 6.52. The highest BCUT2D eigenvalue weighted by molar-refractivity contribution is 5.96. The Bertz CT molecular complexity index is 660. The third-order valence-electron chi connectivity index (χ3n) is 2.64. The van der Waals surface area contributed by atoms with Crippen molar-refractivity contribution in [3.8, 4) is 0 Å². The molecule has 0 aliphatic rings. The van der Waals surface area contributed by atoms with E-state index in [-0.39, 0.29) is 5.56 Å². The fourth-order valence-corrected chi connectivity index (χ4v) is 1.59. The summed E-state index contributed by atoms with van der Waals surface area (Å²) >= 11 is 0. The molecule has 2 aromatic rings. The largest absolute Gasteiger partial charge is 0.467 e. The summed E-state index contributed by atoms with van der Waals surface area (Å²) in [4.78, 5) is 23.7. The van der Waals surface area contributed by atoms with Crippen LogP contribution in [-0.2, 0) is 9.53 Å². The van der Waals surface area contributed by atoms with Gasteiger partial charge in [-0.05, 0) is 12.1 Å². The van der Waals surface area contributed by atoms with Gasteiger partial charge in [0.05, 0.1) is 7.11 Å². The van der Waals surface area contributed by atoms with Gasteiger partial charge in [0.25, 0.3) is 17.7 Å². The number of nitrogens with one attached hydrogen (secondary N) is 1. The Morgan fingerprint density at radius 3 is 2.36 bits per heavy atom. The lowest BCUT2D eigenvalue weighted by atomic mass is 10.2. The van der Waals surface area contributed by atoms with Crippen LogP contribution in [0.5, 0.6) is 0 Å². The van der Waals surface area contributed by atoms with Crippen LogP contribution in [0.1, 0.15) is 34.6 Å². The summed E-state index contributed by atoms with van der Waals surface area (Å²) in [5.74, 6) is -2.97. The lowest BCUT2D eigenvalue weighted by Crippen LogP contribution is -2.34. The Morgan fingerprint density at radius 1 is 1.18 bits per heavy atom. The number of amides is 1. The van der Waals surface area contributed by atoms with Gasteiger partial charge in [-0.2, -0.15) is 8.78 Å². The standard InChI is InChI=1S/C13H11F2N3O4/c1-21-13(20)8(11-17-18-12(22-11)9(14)15)16-10(19)7-5-3-2-4-6-7/h2-6,8-9H,1H3,(H,16,19)/t8-/m0/s1. The van der Waals surface area contributed by atoms with Gasteiger partial charge in [-0.25, -0.2) is 4.79 Å². The fourth-order valence-electron chi connectivity index (χ4n) is 1.59. The number of halogens is 2. The van der Waals surface area contributed by atoms with Crippen molar-refractivity contribution in [2.24, 2.45) is 0 Å². The van der Waals surface area contributed by atoms with Crippen LogP contribution in [0, 0.1) is 0 Å². The molecule has 116 valence electrons. The maximum atomic E-state index is 12.5. The Hall–Kier alpha value is -2.84. The van der Waals surface area contributed by atoms with Crippen LogP contribution in [0.3, 0.4) is 0 Å². The summed E-state index contributed by atoms with van der Waals surface area (Å²) in [6.07, 6.45) is -2.98. The predicted octanol–water partition coefficient (Wildman–Crippen LogP) is 1.65. The molecular weight excluding hydrogens is 300 g/mol. The van der Waals surface area contributed by atoms with Gasteiger partial charge in [-0.1, -0.05) is 18.2 Å². The maximum Gasteiger partial charge on any atom is 0.338 e.